The van der Waals surface area contributed by atoms with Gasteiger partial charge in [0.2, 0.25) is 0 Å². The SMILES string of the molecule is Cc1noc(C)c1-c1ccc2ncc(C(=O)Nc3ccnc(N4CCCC4)c3)n2n1.Cc1noc(C)c1-c1ccc2nccn2n1.Nc1ccnc(N2CCCC2)c1.O=C=O. The van der Waals surface area contributed by atoms with Gasteiger partial charge in [-0.2, -0.15) is 19.8 Å². The van der Waals surface area contributed by atoms with Crippen LogP contribution in [0.5, 0.6) is 0 Å². The molecule has 19 heteroatoms. The normalized spacial score (nSPS) is 13.2. The molecule has 2 saturated heterocycles. The number of nitrogens with one attached hydrogen (secondary N) is 1. The molecule has 61 heavy (non-hydrogen) atoms. The number of fused-ring (bicyclic) bond motifs is 2. The van der Waals surface area contributed by atoms with E-state index in [9.17, 15) is 4.79 Å². The summed E-state index contributed by atoms with van der Waals surface area (Å²) in [6.45, 7) is 11.7. The molecule has 312 valence electrons. The number of anilines is 4. The van der Waals surface area contributed by atoms with Gasteiger partial charge in [0.05, 0.1) is 40.1 Å². The summed E-state index contributed by atoms with van der Waals surface area (Å²) in [5, 5.41) is 19.9. The summed E-state index contributed by atoms with van der Waals surface area (Å²) in [5.74, 6) is 3.07. The van der Waals surface area contributed by atoms with Crippen molar-refractivity contribution in [2.24, 2.45) is 0 Å². The molecule has 0 saturated carbocycles. The van der Waals surface area contributed by atoms with Gasteiger partial charge in [-0.05, 0) is 89.8 Å². The molecule has 19 nitrogen and oxygen atoms in total. The first-order valence-electron chi connectivity index (χ1n) is 19.6. The summed E-state index contributed by atoms with van der Waals surface area (Å²) in [7, 11) is 0. The van der Waals surface area contributed by atoms with Crippen molar-refractivity contribution >= 4 is 46.4 Å². The van der Waals surface area contributed by atoms with E-state index < -0.39 is 0 Å². The molecule has 10 rings (SSSR count). The van der Waals surface area contributed by atoms with Gasteiger partial charge in [0.25, 0.3) is 5.91 Å². The zero-order valence-corrected chi connectivity index (χ0v) is 34.1. The van der Waals surface area contributed by atoms with Crippen molar-refractivity contribution in [3.63, 3.8) is 0 Å². The van der Waals surface area contributed by atoms with Gasteiger partial charge in [0.15, 0.2) is 17.0 Å². The zero-order valence-electron chi connectivity index (χ0n) is 34.1. The fraction of sp³-hybridized carbons (Fsp3) is 0.286. The van der Waals surface area contributed by atoms with Crippen molar-refractivity contribution in [1.82, 2.24) is 49.5 Å². The Morgan fingerprint density at radius 1 is 0.689 bits per heavy atom. The molecule has 3 N–H and O–H groups in total. The Bertz CT molecular complexity index is 2750. The van der Waals surface area contributed by atoms with Crippen LogP contribution in [0.4, 0.5) is 23.0 Å². The molecule has 0 aromatic carbocycles. The van der Waals surface area contributed by atoms with E-state index >= 15 is 0 Å². The number of rotatable bonds is 6. The minimum absolute atomic E-state index is 0.250. The Kier molecular flexibility index (Phi) is 12.8. The minimum Gasteiger partial charge on any atom is -0.399 e. The van der Waals surface area contributed by atoms with Crippen LogP contribution in [0, 0.1) is 27.7 Å². The van der Waals surface area contributed by atoms with Crippen molar-refractivity contribution in [2.75, 3.05) is 47.0 Å². The summed E-state index contributed by atoms with van der Waals surface area (Å²) in [6, 6.07) is 15.0. The molecule has 10 heterocycles. The van der Waals surface area contributed by atoms with E-state index in [1.54, 1.807) is 33.7 Å². The van der Waals surface area contributed by atoms with E-state index in [1.807, 2.05) is 76.4 Å². The molecule has 1 amide bonds. The topological polar surface area (TPSA) is 234 Å². The second-order valence-corrected chi connectivity index (χ2v) is 14.3. The number of nitrogens with two attached hydrogens (primary N) is 1. The predicted molar refractivity (Wildman–Crippen MR) is 225 cm³/mol. The summed E-state index contributed by atoms with van der Waals surface area (Å²) in [4.78, 5) is 50.9. The molecule has 0 bridgehead atoms. The third-order valence-corrected chi connectivity index (χ3v) is 10.1. The summed E-state index contributed by atoms with van der Waals surface area (Å²) in [5.41, 5.74) is 13.8. The number of imidazole rings is 2. The van der Waals surface area contributed by atoms with Crippen molar-refractivity contribution in [3.8, 4) is 22.5 Å². The Labute approximate surface area is 349 Å². The molecule has 0 spiro atoms. The summed E-state index contributed by atoms with van der Waals surface area (Å²) in [6.07, 6.45) is 13.7. The molecule has 0 unspecified atom stereocenters. The lowest BCUT2D eigenvalue weighted by atomic mass is 10.1. The van der Waals surface area contributed by atoms with Crippen LogP contribution < -0.4 is 20.9 Å². The number of carbonyl (C=O) groups is 1. The van der Waals surface area contributed by atoms with E-state index in [1.165, 1.54) is 31.9 Å². The highest BCUT2D eigenvalue weighted by Crippen LogP contribution is 2.27. The van der Waals surface area contributed by atoms with Crippen LogP contribution in [0.25, 0.3) is 33.8 Å². The monoisotopic (exact) mass is 824 g/mol. The molecular formula is C42H44N14O5. The second kappa shape index (κ2) is 18.9. The zero-order chi connectivity index (χ0) is 42.9. The van der Waals surface area contributed by atoms with Gasteiger partial charge in [0, 0.05) is 74.5 Å². The fourth-order valence-electron chi connectivity index (χ4n) is 7.17. The Morgan fingerprint density at radius 3 is 1.82 bits per heavy atom. The summed E-state index contributed by atoms with van der Waals surface area (Å²) >= 11 is 0. The fourth-order valence-corrected chi connectivity index (χ4v) is 7.17. The predicted octanol–water partition coefficient (Wildman–Crippen LogP) is 5.93. The first-order valence-corrected chi connectivity index (χ1v) is 19.6. The maximum absolute atomic E-state index is 13.0. The van der Waals surface area contributed by atoms with Gasteiger partial charge in [-0.15, -0.1) is 0 Å². The second-order valence-electron chi connectivity index (χ2n) is 14.3. The Balaban J connectivity index is 0.000000150. The third kappa shape index (κ3) is 9.58. The van der Waals surface area contributed by atoms with Gasteiger partial charge in [-0.25, -0.2) is 29.0 Å². The van der Waals surface area contributed by atoms with Gasteiger partial charge >= 0.3 is 6.15 Å². The molecule has 0 aliphatic carbocycles. The lowest BCUT2D eigenvalue weighted by molar-refractivity contribution is -0.191. The van der Waals surface area contributed by atoms with E-state index in [-0.39, 0.29) is 12.1 Å². The number of nitrogens with zero attached hydrogens (tertiary/aromatic N) is 12. The largest absolute Gasteiger partial charge is 0.399 e. The number of hydrogen-bond acceptors (Lipinski definition) is 16. The number of hydrogen-bond donors (Lipinski definition) is 2. The van der Waals surface area contributed by atoms with Gasteiger partial charge in [0.1, 0.15) is 23.2 Å². The maximum atomic E-state index is 13.0. The van der Waals surface area contributed by atoms with Crippen LogP contribution >= 0.6 is 0 Å². The molecule has 2 fully saturated rings. The lowest BCUT2D eigenvalue weighted by Gasteiger charge is -2.17. The van der Waals surface area contributed by atoms with Crippen molar-refractivity contribution in [3.05, 3.63) is 108 Å². The van der Waals surface area contributed by atoms with Crippen molar-refractivity contribution < 1.29 is 23.4 Å². The highest BCUT2D eigenvalue weighted by molar-refractivity contribution is 6.03. The number of amides is 1. The van der Waals surface area contributed by atoms with Crippen LogP contribution in [0.15, 0.2) is 88.6 Å². The quantitative estimate of drug-likeness (QED) is 0.198. The van der Waals surface area contributed by atoms with E-state index in [0.29, 0.717) is 28.5 Å². The molecule has 8 aromatic rings. The first-order chi connectivity index (χ1) is 29.6. The first kappa shape index (κ1) is 41.4. The van der Waals surface area contributed by atoms with E-state index in [4.69, 9.17) is 24.4 Å². The average molecular weight is 825 g/mol. The van der Waals surface area contributed by atoms with Crippen LogP contribution in [0.3, 0.4) is 0 Å². The average Bonchev–Trinajstić information content (AvgIpc) is 4.12. The lowest BCUT2D eigenvalue weighted by Crippen LogP contribution is -2.20. The van der Waals surface area contributed by atoms with Gasteiger partial charge in [-0.1, -0.05) is 10.3 Å². The number of aryl methyl sites for hydroxylation is 4. The molecule has 2 aliphatic rings. The van der Waals surface area contributed by atoms with Crippen LogP contribution in [-0.2, 0) is 9.59 Å². The Morgan fingerprint density at radius 2 is 1.25 bits per heavy atom. The van der Waals surface area contributed by atoms with Crippen LogP contribution in [-0.4, -0.2) is 87.7 Å². The van der Waals surface area contributed by atoms with Gasteiger partial charge in [-0.3, -0.25) is 4.79 Å². The van der Waals surface area contributed by atoms with E-state index in [0.717, 1.165) is 83.1 Å². The van der Waals surface area contributed by atoms with Crippen molar-refractivity contribution in [2.45, 2.75) is 53.4 Å². The van der Waals surface area contributed by atoms with Crippen LogP contribution in [0.1, 0.15) is 59.1 Å². The molecular weight excluding hydrogens is 781 g/mol. The maximum Gasteiger partial charge on any atom is 0.373 e. The highest BCUT2D eigenvalue weighted by atomic mass is 16.5. The van der Waals surface area contributed by atoms with Gasteiger partial charge < -0.3 is 29.9 Å². The smallest absolute Gasteiger partial charge is 0.373 e. The highest BCUT2D eigenvalue weighted by Gasteiger charge is 2.20. The molecule has 0 radical (unpaired) electrons. The molecule has 2 aliphatic heterocycles. The molecule has 0 atom stereocenters. The Hall–Kier alpha value is -7.79. The minimum atomic E-state index is -0.288. The van der Waals surface area contributed by atoms with Crippen molar-refractivity contribution in [1.29, 1.82) is 0 Å². The number of pyridine rings is 2. The van der Waals surface area contributed by atoms with E-state index in [2.05, 4.69) is 55.6 Å². The molecule has 8 aromatic heterocycles. The van der Waals surface area contributed by atoms with Crippen LogP contribution in [0.2, 0.25) is 0 Å². The number of nitrogen functional groups attached to an aromatic ring is 1. The summed E-state index contributed by atoms with van der Waals surface area (Å²) < 4.78 is 13.7. The number of carbonyl (C=O) groups excluding carboxylic acids is 3. The number of aromatic nitrogens is 10. The standard InChI is InChI=1S/C21H21N7O2.C11H10N4O.C9H13N3.CO2/c1-13-20(14(2)30-26-13)16-5-6-18-23-12-17(28(18)25-16)21(29)24-15-7-8-22-19(11-15)27-9-3-4-10-27;1-7-11(8(2)16-14-7)9-3-4-10-12-5-6-15(10)13-9;10-8-3-4-11-9(7-8)12-5-1-2-6-12;2-1-3/h5-8,11-12H,3-4,9-10H2,1-2H3,(H,22,24,29);3-6H,1-2H3;3-4,7H,1-2,5-6H2,(H2,10,11);. The third-order valence-electron chi connectivity index (χ3n) is 10.1.